The number of nitrogens with zero attached hydrogens (tertiary/aromatic N) is 3. The molecule has 0 fully saturated rings. The van der Waals surface area contributed by atoms with E-state index in [9.17, 15) is 0 Å². The third-order valence-electron chi connectivity index (χ3n) is 3.41. The van der Waals surface area contributed by atoms with Gasteiger partial charge in [-0.3, -0.25) is 4.98 Å². The first kappa shape index (κ1) is 15.7. The molecule has 0 radical (unpaired) electrons. The molecule has 0 spiro atoms. The van der Waals surface area contributed by atoms with Gasteiger partial charge in [-0.25, -0.2) is 4.98 Å². The molecule has 24 heavy (non-hydrogen) atoms. The highest BCUT2D eigenvalue weighted by atomic mass is 16.5. The molecule has 1 aromatic carbocycles. The Morgan fingerprint density at radius 1 is 1.04 bits per heavy atom. The first-order valence-electron chi connectivity index (χ1n) is 7.73. The second kappa shape index (κ2) is 7.41. The molecular weight excluding hydrogens is 302 g/mol. The van der Waals surface area contributed by atoms with E-state index < -0.39 is 0 Å². The Balaban J connectivity index is 1.99. The fraction of sp³-hybridized carbons (Fsp3) is 0.167. The van der Waals surface area contributed by atoms with E-state index in [4.69, 9.17) is 4.74 Å². The highest BCUT2D eigenvalue weighted by Crippen LogP contribution is 2.28. The number of hydrogen-bond acceptors (Lipinski definition) is 6. The van der Waals surface area contributed by atoms with Crippen LogP contribution in [0.2, 0.25) is 0 Å². The maximum atomic E-state index is 5.38. The van der Waals surface area contributed by atoms with Crippen LogP contribution in [0.3, 0.4) is 0 Å². The zero-order valence-electron chi connectivity index (χ0n) is 13.7. The van der Waals surface area contributed by atoms with E-state index in [1.807, 2.05) is 49.4 Å². The molecule has 0 aliphatic rings. The molecule has 122 valence electrons. The van der Waals surface area contributed by atoms with E-state index in [0.717, 1.165) is 29.2 Å². The molecule has 0 saturated carbocycles. The predicted octanol–water partition coefficient (Wildman–Crippen LogP) is 3.72. The molecule has 2 aromatic heterocycles. The average molecular weight is 321 g/mol. The normalized spacial score (nSPS) is 10.2. The quantitative estimate of drug-likeness (QED) is 0.721. The van der Waals surface area contributed by atoms with E-state index in [2.05, 4.69) is 25.6 Å². The van der Waals surface area contributed by atoms with Crippen molar-refractivity contribution in [3.05, 3.63) is 54.9 Å². The number of pyridine rings is 1. The van der Waals surface area contributed by atoms with Crippen LogP contribution in [0.5, 0.6) is 5.75 Å². The summed E-state index contributed by atoms with van der Waals surface area (Å²) in [5.41, 5.74) is 2.65. The van der Waals surface area contributed by atoms with Gasteiger partial charge in [-0.05, 0) is 31.2 Å². The van der Waals surface area contributed by atoms with E-state index in [0.29, 0.717) is 11.8 Å². The van der Waals surface area contributed by atoms with Crippen molar-refractivity contribution < 1.29 is 4.74 Å². The molecule has 3 aromatic rings. The lowest BCUT2D eigenvalue weighted by Crippen LogP contribution is -2.05. The van der Waals surface area contributed by atoms with E-state index in [1.54, 1.807) is 19.5 Å². The summed E-state index contributed by atoms with van der Waals surface area (Å²) >= 11 is 0. The van der Waals surface area contributed by atoms with Gasteiger partial charge in [-0.15, -0.1) is 0 Å². The summed E-state index contributed by atoms with van der Waals surface area (Å²) in [7, 11) is 1.65. The number of methoxy groups -OCH3 is 1. The van der Waals surface area contributed by atoms with Crippen molar-refractivity contribution >= 4 is 17.5 Å². The van der Waals surface area contributed by atoms with Crippen LogP contribution < -0.4 is 15.4 Å². The van der Waals surface area contributed by atoms with Crippen LogP contribution in [0.15, 0.2) is 54.9 Å². The summed E-state index contributed by atoms with van der Waals surface area (Å²) in [4.78, 5) is 13.1. The highest BCUT2D eigenvalue weighted by Gasteiger charge is 2.08. The van der Waals surface area contributed by atoms with E-state index >= 15 is 0 Å². The second-order valence-corrected chi connectivity index (χ2v) is 5.05. The number of nitrogens with one attached hydrogen (secondary N) is 2. The number of aromatic nitrogens is 3. The smallest absolute Gasteiger partial charge is 0.225 e. The van der Waals surface area contributed by atoms with Crippen LogP contribution in [0.1, 0.15) is 6.92 Å². The second-order valence-electron chi connectivity index (χ2n) is 5.05. The van der Waals surface area contributed by atoms with Crippen molar-refractivity contribution in [1.29, 1.82) is 0 Å². The third-order valence-corrected chi connectivity index (χ3v) is 3.41. The van der Waals surface area contributed by atoms with Crippen molar-refractivity contribution in [3.63, 3.8) is 0 Å². The lowest BCUT2D eigenvalue weighted by atomic mass is 10.2. The van der Waals surface area contributed by atoms with E-state index in [-0.39, 0.29) is 0 Å². The number of rotatable bonds is 6. The molecule has 0 bridgehead atoms. The average Bonchev–Trinajstić information content (AvgIpc) is 2.63. The summed E-state index contributed by atoms with van der Waals surface area (Å²) < 4.78 is 5.38. The number of benzene rings is 1. The van der Waals surface area contributed by atoms with Crippen molar-refractivity contribution in [1.82, 2.24) is 15.0 Å². The Labute approximate surface area is 141 Å². The predicted molar refractivity (Wildman–Crippen MR) is 95.7 cm³/mol. The van der Waals surface area contributed by atoms with Gasteiger partial charge >= 0.3 is 0 Å². The molecule has 0 unspecified atom stereocenters. The van der Waals surface area contributed by atoms with Crippen molar-refractivity contribution in [2.45, 2.75) is 6.92 Å². The SMILES string of the molecule is CCNc1nc(Nc2ccccc2OC)cc(-c2ccncc2)n1. The number of hydrogen-bond donors (Lipinski definition) is 2. The molecule has 0 aliphatic heterocycles. The third kappa shape index (κ3) is 3.60. The molecule has 6 heteroatoms. The van der Waals surface area contributed by atoms with Gasteiger partial charge in [0.25, 0.3) is 0 Å². The maximum absolute atomic E-state index is 5.38. The van der Waals surface area contributed by atoms with Crippen LogP contribution in [-0.2, 0) is 0 Å². The summed E-state index contributed by atoms with van der Waals surface area (Å²) in [6.45, 7) is 2.75. The molecule has 2 heterocycles. The van der Waals surface area contributed by atoms with Crippen LogP contribution in [0, 0.1) is 0 Å². The Hall–Kier alpha value is -3.15. The Kier molecular flexibility index (Phi) is 4.86. The van der Waals surface area contributed by atoms with Gasteiger partial charge in [0.1, 0.15) is 11.6 Å². The number of anilines is 3. The minimum absolute atomic E-state index is 0.573. The first-order valence-corrected chi connectivity index (χ1v) is 7.73. The minimum atomic E-state index is 0.573. The molecule has 2 N–H and O–H groups in total. The van der Waals surface area contributed by atoms with Crippen LogP contribution in [0.4, 0.5) is 17.5 Å². The zero-order chi connectivity index (χ0) is 16.8. The Morgan fingerprint density at radius 3 is 2.58 bits per heavy atom. The summed E-state index contributed by atoms with van der Waals surface area (Å²) in [5, 5.41) is 6.46. The number of para-hydroxylation sites is 2. The van der Waals surface area contributed by atoms with Crippen LogP contribution in [0.25, 0.3) is 11.3 Å². The van der Waals surface area contributed by atoms with Crippen LogP contribution in [-0.4, -0.2) is 28.6 Å². The first-order chi connectivity index (χ1) is 11.8. The van der Waals surface area contributed by atoms with Gasteiger partial charge in [-0.2, -0.15) is 4.98 Å². The molecule has 0 atom stereocenters. The van der Waals surface area contributed by atoms with Crippen molar-refractivity contribution in [2.75, 3.05) is 24.3 Å². The molecule has 0 aliphatic carbocycles. The molecular formula is C18H19N5O. The topological polar surface area (TPSA) is 72.0 Å². The van der Waals surface area contributed by atoms with Gasteiger partial charge in [-0.1, -0.05) is 12.1 Å². The molecule has 0 saturated heterocycles. The molecule has 3 rings (SSSR count). The maximum Gasteiger partial charge on any atom is 0.225 e. The summed E-state index contributed by atoms with van der Waals surface area (Å²) in [6.07, 6.45) is 3.50. The van der Waals surface area contributed by atoms with Gasteiger partial charge in [0.15, 0.2) is 0 Å². The lowest BCUT2D eigenvalue weighted by Gasteiger charge is -2.13. The lowest BCUT2D eigenvalue weighted by molar-refractivity contribution is 0.417. The van der Waals surface area contributed by atoms with Crippen molar-refractivity contribution in [3.8, 4) is 17.0 Å². The van der Waals surface area contributed by atoms with Gasteiger partial charge in [0, 0.05) is 30.6 Å². The molecule has 0 amide bonds. The number of ether oxygens (including phenoxy) is 1. The summed E-state index contributed by atoms with van der Waals surface area (Å²) in [5.74, 6) is 2.02. The van der Waals surface area contributed by atoms with Crippen LogP contribution >= 0.6 is 0 Å². The minimum Gasteiger partial charge on any atom is -0.495 e. The fourth-order valence-electron chi connectivity index (χ4n) is 2.30. The summed E-state index contributed by atoms with van der Waals surface area (Å²) in [6, 6.07) is 13.5. The van der Waals surface area contributed by atoms with Crippen molar-refractivity contribution in [2.24, 2.45) is 0 Å². The fourth-order valence-corrected chi connectivity index (χ4v) is 2.30. The highest BCUT2D eigenvalue weighted by molar-refractivity contribution is 5.69. The Morgan fingerprint density at radius 2 is 1.83 bits per heavy atom. The van der Waals surface area contributed by atoms with E-state index in [1.165, 1.54) is 0 Å². The Bertz CT molecular complexity index is 808. The largest absolute Gasteiger partial charge is 0.495 e. The monoisotopic (exact) mass is 321 g/mol. The van der Waals surface area contributed by atoms with Gasteiger partial charge in [0.2, 0.25) is 5.95 Å². The molecule has 6 nitrogen and oxygen atoms in total. The van der Waals surface area contributed by atoms with Gasteiger partial charge in [0.05, 0.1) is 18.5 Å². The zero-order valence-corrected chi connectivity index (χ0v) is 13.7. The standard InChI is InChI=1S/C18H19N5O/c1-3-20-18-22-15(13-8-10-19-11-9-13)12-17(23-18)21-14-6-4-5-7-16(14)24-2/h4-12H,3H2,1-2H3,(H2,20,21,22,23). The van der Waals surface area contributed by atoms with Gasteiger partial charge < -0.3 is 15.4 Å².